The van der Waals surface area contributed by atoms with Crippen LogP contribution >= 0.6 is 0 Å². The molecule has 7 nitrogen and oxygen atoms in total. The highest BCUT2D eigenvalue weighted by atomic mass is 16.5. The van der Waals surface area contributed by atoms with E-state index in [2.05, 4.69) is 4.90 Å². The molecule has 0 spiro atoms. The summed E-state index contributed by atoms with van der Waals surface area (Å²) >= 11 is 0. The second kappa shape index (κ2) is 7.66. The number of hydrogen-bond donors (Lipinski definition) is 0. The van der Waals surface area contributed by atoms with E-state index in [4.69, 9.17) is 14.7 Å². The second-order valence-electron chi connectivity index (χ2n) is 7.57. The summed E-state index contributed by atoms with van der Waals surface area (Å²) in [5, 5.41) is 0. The fourth-order valence-electron chi connectivity index (χ4n) is 3.92. The van der Waals surface area contributed by atoms with Crippen LogP contribution < -0.4 is 14.5 Å². The Labute approximate surface area is 165 Å². The van der Waals surface area contributed by atoms with E-state index in [1.165, 1.54) is 12.8 Å². The largest absolute Gasteiger partial charge is 0.497 e. The highest BCUT2D eigenvalue weighted by molar-refractivity contribution is 5.94. The Morgan fingerprint density at radius 3 is 2.64 bits per heavy atom. The topological polar surface area (TPSA) is 61.8 Å². The number of ether oxygens (including phenoxy) is 1. The molecule has 1 saturated heterocycles. The van der Waals surface area contributed by atoms with Crippen molar-refractivity contribution in [3.8, 4) is 5.75 Å². The Bertz CT molecular complexity index is 877. The van der Waals surface area contributed by atoms with E-state index in [0.29, 0.717) is 24.4 Å². The van der Waals surface area contributed by atoms with Crippen LogP contribution in [0, 0.1) is 0 Å². The van der Waals surface area contributed by atoms with E-state index in [1.54, 1.807) is 13.2 Å². The molecule has 0 radical (unpaired) electrons. The molecule has 7 heteroatoms. The Morgan fingerprint density at radius 1 is 1.14 bits per heavy atom. The van der Waals surface area contributed by atoms with E-state index in [0.717, 1.165) is 42.5 Å². The monoisotopic (exact) mass is 381 g/mol. The normalized spacial score (nSPS) is 16.1. The summed E-state index contributed by atoms with van der Waals surface area (Å²) in [6.45, 7) is 3.23. The summed E-state index contributed by atoms with van der Waals surface area (Å²) in [6.07, 6.45) is 3.14. The average Bonchev–Trinajstić information content (AvgIpc) is 3.27. The maximum absolute atomic E-state index is 13.0. The van der Waals surface area contributed by atoms with Crippen LogP contribution in [0.5, 0.6) is 5.75 Å². The standard InChI is InChI=1S/C21H27N5O2/c1-24(2)19-17-14-26(20(27)15-7-6-8-16(13-15)28-3)12-9-18(17)22-21(23-19)25-10-4-5-11-25/h6-8,13H,4-5,9-12,14H2,1-3H3. The summed E-state index contributed by atoms with van der Waals surface area (Å²) in [7, 11) is 5.61. The van der Waals surface area contributed by atoms with E-state index < -0.39 is 0 Å². The van der Waals surface area contributed by atoms with Crippen LogP contribution in [0.15, 0.2) is 24.3 Å². The summed E-state index contributed by atoms with van der Waals surface area (Å²) in [6, 6.07) is 7.32. The van der Waals surface area contributed by atoms with Gasteiger partial charge in [-0.2, -0.15) is 4.98 Å². The van der Waals surface area contributed by atoms with Gasteiger partial charge in [0.25, 0.3) is 5.91 Å². The quantitative estimate of drug-likeness (QED) is 0.810. The van der Waals surface area contributed by atoms with E-state index >= 15 is 0 Å². The molecule has 148 valence electrons. The van der Waals surface area contributed by atoms with Gasteiger partial charge in [0, 0.05) is 51.3 Å². The number of rotatable bonds is 4. The zero-order valence-corrected chi connectivity index (χ0v) is 16.8. The first-order valence-corrected chi connectivity index (χ1v) is 9.82. The first-order valence-electron chi connectivity index (χ1n) is 9.82. The Kier molecular flexibility index (Phi) is 5.07. The van der Waals surface area contributed by atoms with E-state index in [9.17, 15) is 4.79 Å². The Balaban J connectivity index is 1.63. The zero-order valence-electron chi connectivity index (χ0n) is 16.8. The van der Waals surface area contributed by atoms with Gasteiger partial charge in [0.05, 0.1) is 19.3 Å². The van der Waals surface area contributed by atoms with Gasteiger partial charge >= 0.3 is 0 Å². The Hall–Kier alpha value is -2.83. The third kappa shape index (κ3) is 3.48. The molecule has 0 N–H and O–H groups in total. The summed E-state index contributed by atoms with van der Waals surface area (Å²) in [5.41, 5.74) is 2.76. The van der Waals surface area contributed by atoms with E-state index in [-0.39, 0.29) is 5.91 Å². The van der Waals surface area contributed by atoms with Crippen LogP contribution in [-0.4, -0.2) is 61.6 Å². The van der Waals surface area contributed by atoms with Crippen molar-refractivity contribution in [2.45, 2.75) is 25.8 Å². The molecule has 0 unspecified atom stereocenters. The molecule has 3 heterocycles. The molecule has 28 heavy (non-hydrogen) atoms. The van der Waals surface area contributed by atoms with Gasteiger partial charge in [0.15, 0.2) is 0 Å². The van der Waals surface area contributed by atoms with Crippen LogP contribution in [-0.2, 0) is 13.0 Å². The van der Waals surface area contributed by atoms with Crippen molar-refractivity contribution >= 4 is 17.7 Å². The summed E-state index contributed by atoms with van der Waals surface area (Å²) < 4.78 is 5.26. The first kappa shape index (κ1) is 18.5. The molecule has 0 aliphatic carbocycles. The van der Waals surface area contributed by atoms with Crippen molar-refractivity contribution in [3.63, 3.8) is 0 Å². The predicted octanol–water partition coefficient (Wildman–Crippen LogP) is 2.35. The lowest BCUT2D eigenvalue weighted by Crippen LogP contribution is -2.38. The minimum absolute atomic E-state index is 0.0119. The van der Waals surface area contributed by atoms with Gasteiger partial charge in [-0.05, 0) is 31.0 Å². The lowest BCUT2D eigenvalue weighted by Gasteiger charge is -2.32. The molecule has 4 rings (SSSR count). The number of hydrogen-bond acceptors (Lipinski definition) is 6. The van der Waals surface area contributed by atoms with E-state index in [1.807, 2.05) is 42.1 Å². The molecule has 2 aliphatic rings. The number of aromatic nitrogens is 2. The fraction of sp³-hybridized carbons (Fsp3) is 0.476. The Morgan fingerprint density at radius 2 is 1.93 bits per heavy atom. The molecule has 1 aromatic carbocycles. The zero-order chi connectivity index (χ0) is 19.7. The highest BCUT2D eigenvalue weighted by Crippen LogP contribution is 2.30. The number of methoxy groups -OCH3 is 1. The second-order valence-corrected chi connectivity index (χ2v) is 7.57. The van der Waals surface area contributed by atoms with Gasteiger partial charge < -0.3 is 19.4 Å². The van der Waals surface area contributed by atoms with Gasteiger partial charge in [0.1, 0.15) is 11.6 Å². The lowest BCUT2D eigenvalue weighted by molar-refractivity contribution is 0.0733. The number of anilines is 2. The van der Waals surface area contributed by atoms with Gasteiger partial charge in [0.2, 0.25) is 5.95 Å². The van der Waals surface area contributed by atoms with Crippen molar-refractivity contribution in [2.24, 2.45) is 0 Å². The van der Waals surface area contributed by atoms with Crippen molar-refractivity contribution in [2.75, 3.05) is 50.6 Å². The minimum atomic E-state index is 0.0119. The fourth-order valence-corrected chi connectivity index (χ4v) is 3.92. The third-order valence-electron chi connectivity index (χ3n) is 5.44. The van der Waals surface area contributed by atoms with Crippen LogP contribution in [0.25, 0.3) is 0 Å². The number of carbonyl (C=O) groups is 1. The number of amides is 1. The van der Waals surface area contributed by atoms with Gasteiger partial charge in [-0.3, -0.25) is 4.79 Å². The molecule has 2 aliphatic heterocycles. The molecule has 1 aromatic heterocycles. The van der Waals surface area contributed by atoms with Gasteiger partial charge in [-0.15, -0.1) is 0 Å². The van der Waals surface area contributed by atoms with Gasteiger partial charge in [-0.25, -0.2) is 4.98 Å². The van der Waals surface area contributed by atoms with Crippen LogP contribution in [0.1, 0.15) is 34.5 Å². The van der Waals surface area contributed by atoms with Crippen LogP contribution in [0.4, 0.5) is 11.8 Å². The maximum atomic E-state index is 13.0. The highest BCUT2D eigenvalue weighted by Gasteiger charge is 2.28. The lowest BCUT2D eigenvalue weighted by atomic mass is 10.0. The van der Waals surface area contributed by atoms with Crippen molar-refractivity contribution < 1.29 is 9.53 Å². The maximum Gasteiger partial charge on any atom is 0.254 e. The van der Waals surface area contributed by atoms with Crippen molar-refractivity contribution in [1.29, 1.82) is 0 Å². The molecule has 0 atom stereocenters. The molecular formula is C21H27N5O2. The summed E-state index contributed by atoms with van der Waals surface area (Å²) in [5.74, 6) is 2.44. The van der Waals surface area contributed by atoms with Crippen LogP contribution in [0.2, 0.25) is 0 Å². The number of benzene rings is 1. The molecular weight excluding hydrogens is 354 g/mol. The molecule has 1 fully saturated rings. The van der Waals surface area contributed by atoms with Crippen LogP contribution in [0.3, 0.4) is 0 Å². The number of fused-ring (bicyclic) bond motifs is 1. The minimum Gasteiger partial charge on any atom is -0.497 e. The van der Waals surface area contributed by atoms with Gasteiger partial charge in [-0.1, -0.05) is 6.07 Å². The SMILES string of the molecule is COc1cccc(C(=O)N2CCc3nc(N4CCCC4)nc(N(C)C)c3C2)c1. The molecule has 2 aromatic rings. The molecule has 0 bridgehead atoms. The van der Waals surface area contributed by atoms with Crippen molar-refractivity contribution in [3.05, 3.63) is 41.1 Å². The number of nitrogens with zero attached hydrogens (tertiary/aromatic N) is 5. The van der Waals surface area contributed by atoms with Crippen molar-refractivity contribution in [1.82, 2.24) is 14.9 Å². The summed E-state index contributed by atoms with van der Waals surface area (Å²) in [4.78, 5) is 28.9. The smallest absolute Gasteiger partial charge is 0.254 e. The third-order valence-corrected chi connectivity index (χ3v) is 5.44. The molecule has 0 saturated carbocycles. The number of carbonyl (C=O) groups excluding carboxylic acids is 1. The first-order chi connectivity index (χ1) is 13.6. The average molecular weight is 381 g/mol. The predicted molar refractivity (Wildman–Crippen MR) is 109 cm³/mol. The molecule has 1 amide bonds.